The maximum absolute atomic E-state index is 11.9. The lowest BCUT2D eigenvalue weighted by atomic mass is 10.1. The molecule has 0 spiro atoms. The second-order valence-electron chi connectivity index (χ2n) is 4.69. The Morgan fingerprint density at radius 1 is 1.11 bits per heavy atom. The van der Waals surface area contributed by atoms with Crippen LogP contribution in [0.2, 0.25) is 0 Å². The molecule has 0 aromatic heterocycles. The first kappa shape index (κ1) is 16.1. The van der Waals surface area contributed by atoms with Gasteiger partial charge in [0.1, 0.15) is 9.84 Å². The molecule has 0 heterocycles. The standard InChI is InChI=1S/C12H19NO4S2/c1-10-7-11(8-13)3-4-12(10)9-19(16,17)6-5-18(2,14)15/h3-4,7H,5-6,8-9,13H2,1-2H3. The van der Waals surface area contributed by atoms with E-state index in [9.17, 15) is 16.8 Å². The van der Waals surface area contributed by atoms with Gasteiger partial charge in [-0.05, 0) is 23.6 Å². The second kappa shape index (κ2) is 6.02. The molecule has 5 nitrogen and oxygen atoms in total. The normalized spacial score (nSPS) is 12.6. The Kier molecular flexibility index (Phi) is 5.11. The zero-order chi connectivity index (χ0) is 14.7. The van der Waals surface area contributed by atoms with E-state index >= 15 is 0 Å². The first-order valence-corrected chi connectivity index (χ1v) is 9.68. The van der Waals surface area contributed by atoms with E-state index in [4.69, 9.17) is 5.73 Å². The molecule has 0 amide bonds. The third-order valence-electron chi connectivity index (χ3n) is 2.78. The third-order valence-corrected chi connectivity index (χ3v) is 5.56. The average molecular weight is 305 g/mol. The number of rotatable bonds is 6. The summed E-state index contributed by atoms with van der Waals surface area (Å²) >= 11 is 0. The lowest BCUT2D eigenvalue weighted by molar-refractivity contribution is 0.589. The van der Waals surface area contributed by atoms with Crippen molar-refractivity contribution < 1.29 is 16.8 Å². The maximum atomic E-state index is 11.9. The fourth-order valence-electron chi connectivity index (χ4n) is 1.63. The van der Waals surface area contributed by atoms with Crippen molar-refractivity contribution in [2.24, 2.45) is 5.73 Å². The zero-order valence-electron chi connectivity index (χ0n) is 11.1. The number of aryl methyl sites for hydroxylation is 1. The molecule has 1 rings (SSSR count). The van der Waals surface area contributed by atoms with Crippen LogP contribution in [0.1, 0.15) is 16.7 Å². The Morgan fingerprint density at radius 3 is 2.21 bits per heavy atom. The van der Waals surface area contributed by atoms with Gasteiger partial charge in [-0.2, -0.15) is 0 Å². The molecule has 19 heavy (non-hydrogen) atoms. The number of hydrogen-bond acceptors (Lipinski definition) is 5. The molecular formula is C12H19NO4S2. The van der Waals surface area contributed by atoms with E-state index in [2.05, 4.69) is 0 Å². The van der Waals surface area contributed by atoms with Crippen LogP contribution < -0.4 is 5.73 Å². The van der Waals surface area contributed by atoms with Gasteiger partial charge in [0.25, 0.3) is 0 Å². The second-order valence-corrected chi connectivity index (χ2v) is 9.13. The molecule has 0 saturated heterocycles. The fraction of sp³-hybridized carbons (Fsp3) is 0.500. The third kappa shape index (κ3) is 5.71. The van der Waals surface area contributed by atoms with E-state index < -0.39 is 19.7 Å². The van der Waals surface area contributed by atoms with Gasteiger partial charge in [-0.15, -0.1) is 0 Å². The van der Waals surface area contributed by atoms with Gasteiger partial charge < -0.3 is 5.73 Å². The van der Waals surface area contributed by atoms with Crippen molar-refractivity contribution in [2.75, 3.05) is 17.8 Å². The predicted molar refractivity (Wildman–Crippen MR) is 76.3 cm³/mol. The van der Waals surface area contributed by atoms with E-state index in [0.29, 0.717) is 12.1 Å². The predicted octanol–water partition coefficient (Wildman–Crippen LogP) is 0.413. The van der Waals surface area contributed by atoms with Crippen LogP contribution in [0, 0.1) is 6.92 Å². The summed E-state index contributed by atoms with van der Waals surface area (Å²) in [5.74, 6) is -0.821. The smallest absolute Gasteiger partial charge is 0.155 e. The minimum absolute atomic E-state index is 0.140. The minimum atomic E-state index is -3.42. The Balaban J connectivity index is 2.84. The molecular weight excluding hydrogens is 286 g/mol. The van der Waals surface area contributed by atoms with Crippen LogP contribution in [0.5, 0.6) is 0 Å². The Bertz CT molecular complexity index is 648. The van der Waals surface area contributed by atoms with E-state index in [1.165, 1.54) is 0 Å². The van der Waals surface area contributed by atoms with Gasteiger partial charge in [-0.25, -0.2) is 16.8 Å². The van der Waals surface area contributed by atoms with Crippen LogP contribution >= 0.6 is 0 Å². The molecule has 0 unspecified atom stereocenters. The minimum Gasteiger partial charge on any atom is -0.326 e. The maximum Gasteiger partial charge on any atom is 0.155 e. The molecule has 108 valence electrons. The van der Waals surface area contributed by atoms with Crippen molar-refractivity contribution in [3.05, 3.63) is 34.9 Å². The van der Waals surface area contributed by atoms with Crippen molar-refractivity contribution in [1.29, 1.82) is 0 Å². The molecule has 0 aliphatic rings. The van der Waals surface area contributed by atoms with Crippen molar-refractivity contribution in [2.45, 2.75) is 19.2 Å². The molecule has 0 radical (unpaired) electrons. The summed E-state index contributed by atoms with van der Waals surface area (Å²) in [5.41, 5.74) is 7.98. The highest BCUT2D eigenvalue weighted by Gasteiger charge is 2.16. The van der Waals surface area contributed by atoms with Crippen LogP contribution in [-0.4, -0.2) is 34.6 Å². The molecule has 1 aromatic rings. The van der Waals surface area contributed by atoms with Crippen LogP contribution in [0.25, 0.3) is 0 Å². The van der Waals surface area contributed by atoms with Crippen molar-refractivity contribution in [1.82, 2.24) is 0 Å². The molecule has 0 atom stereocenters. The Hall–Kier alpha value is -0.920. The van der Waals surface area contributed by atoms with E-state index in [1.807, 2.05) is 13.0 Å². The average Bonchev–Trinajstić information content (AvgIpc) is 2.28. The highest BCUT2D eigenvalue weighted by atomic mass is 32.2. The van der Waals surface area contributed by atoms with Crippen molar-refractivity contribution in [3.63, 3.8) is 0 Å². The molecule has 0 saturated carbocycles. The van der Waals surface area contributed by atoms with Crippen LogP contribution in [-0.2, 0) is 32.0 Å². The molecule has 2 N–H and O–H groups in total. The highest BCUT2D eigenvalue weighted by Crippen LogP contribution is 2.14. The summed E-state index contributed by atoms with van der Waals surface area (Å²) < 4.78 is 45.7. The van der Waals surface area contributed by atoms with Crippen LogP contribution in [0.3, 0.4) is 0 Å². The zero-order valence-corrected chi connectivity index (χ0v) is 12.7. The molecule has 7 heteroatoms. The van der Waals surface area contributed by atoms with E-state index in [0.717, 1.165) is 17.4 Å². The van der Waals surface area contributed by atoms with Crippen molar-refractivity contribution >= 4 is 19.7 Å². The number of sulfone groups is 2. The Labute approximate surface area is 114 Å². The first-order valence-electron chi connectivity index (χ1n) is 5.79. The molecule has 1 aromatic carbocycles. The summed E-state index contributed by atoms with van der Waals surface area (Å²) in [5, 5.41) is 0. The van der Waals surface area contributed by atoms with Gasteiger partial charge >= 0.3 is 0 Å². The van der Waals surface area contributed by atoms with Gasteiger partial charge in [-0.1, -0.05) is 18.2 Å². The molecule has 0 bridgehead atoms. The van der Waals surface area contributed by atoms with Crippen LogP contribution in [0.15, 0.2) is 18.2 Å². The van der Waals surface area contributed by atoms with Gasteiger partial charge in [0.2, 0.25) is 0 Å². The quantitative estimate of drug-likeness (QED) is 0.821. The largest absolute Gasteiger partial charge is 0.326 e. The summed E-state index contributed by atoms with van der Waals surface area (Å²) in [6, 6.07) is 5.37. The van der Waals surface area contributed by atoms with E-state index in [1.54, 1.807) is 12.1 Å². The van der Waals surface area contributed by atoms with Crippen LogP contribution in [0.4, 0.5) is 0 Å². The summed E-state index contributed by atoms with van der Waals surface area (Å²) in [7, 11) is -6.69. The number of nitrogens with two attached hydrogens (primary N) is 1. The number of benzene rings is 1. The lowest BCUT2D eigenvalue weighted by Crippen LogP contribution is -2.18. The highest BCUT2D eigenvalue weighted by molar-refractivity contribution is 7.94. The van der Waals surface area contributed by atoms with E-state index in [-0.39, 0.29) is 17.3 Å². The summed E-state index contributed by atoms with van der Waals surface area (Å²) in [6.07, 6.45) is 1.03. The Morgan fingerprint density at radius 2 is 1.74 bits per heavy atom. The molecule has 0 aliphatic carbocycles. The first-order chi connectivity index (χ1) is 8.63. The SMILES string of the molecule is Cc1cc(CN)ccc1CS(=O)(=O)CCS(C)(=O)=O. The topological polar surface area (TPSA) is 94.3 Å². The lowest BCUT2D eigenvalue weighted by Gasteiger charge is -2.08. The molecule has 0 fully saturated rings. The summed E-state index contributed by atoms with van der Waals surface area (Å²) in [4.78, 5) is 0. The van der Waals surface area contributed by atoms with Gasteiger partial charge in [0.05, 0.1) is 17.3 Å². The fourth-order valence-corrected chi connectivity index (χ4v) is 4.80. The van der Waals surface area contributed by atoms with Gasteiger partial charge in [0.15, 0.2) is 9.84 Å². The van der Waals surface area contributed by atoms with Gasteiger partial charge in [-0.3, -0.25) is 0 Å². The summed E-state index contributed by atoms with van der Waals surface area (Å²) in [6.45, 7) is 2.22. The monoisotopic (exact) mass is 305 g/mol. The molecule has 0 aliphatic heterocycles. The van der Waals surface area contributed by atoms with Crippen molar-refractivity contribution in [3.8, 4) is 0 Å². The van der Waals surface area contributed by atoms with Gasteiger partial charge in [0, 0.05) is 12.8 Å². The number of hydrogen-bond donors (Lipinski definition) is 1.